The highest BCUT2D eigenvalue weighted by molar-refractivity contribution is 5.45. The van der Waals surface area contributed by atoms with E-state index in [0.717, 1.165) is 17.4 Å². The van der Waals surface area contributed by atoms with Crippen LogP contribution in [0.3, 0.4) is 0 Å². The van der Waals surface area contributed by atoms with Crippen LogP contribution in [0.25, 0.3) is 0 Å². The van der Waals surface area contributed by atoms with Crippen LogP contribution >= 0.6 is 0 Å². The maximum atomic E-state index is 5.50. The Balaban J connectivity index is 1.65. The largest absolute Gasteiger partial charge is 0.454 e. The van der Waals surface area contributed by atoms with Gasteiger partial charge in [-0.3, -0.25) is 0 Å². The van der Waals surface area contributed by atoms with Gasteiger partial charge in [0, 0.05) is 6.04 Å². The predicted molar refractivity (Wildman–Crippen MR) is 69.1 cm³/mol. The van der Waals surface area contributed by atoms with Gasteiger partial charge in [0.15, 0.2) is 11.5 Å². The number of nitrogens with one attached hydrogen (secondary N) is 1. The molecule has 1 saturated heterocycles. The Kier molecular flexibility index (Phi) is 2.47. The molecule has 4 rings (SSSR count). The summed E-state index contributed by atoms with van der Waals surface area (Å²) in [4.78, 5) is 0. The molecule has 3 nitrogen and oxygen atoms in total. The normalized spacial score (nSPS) is 33.4. The summed E-state index contributed by atoms with van der Waals surface area (Å²) in [7, 11) is 0. The molecule has 3 aliphatic rings. The van der Waals surface area contributed by atoms with E-state index in [-0.39, 0.29) is 0 Å². The Morgan fingerprint density at radius 3 is 3.00 bits per heavy atom. The quantitative estimate of drug-likeness (QED) is 0.825. The summed E-state index contributed by atoms with van der Waals surface area (Å²) in [5, 5.41) is 3.70. The Morgan fingerprint density at radius 2 is 2.00 bits per heavy atom. The van der Waals surface area contributed by atoms with Crippen molar-refractivity contribution in [3.05, 3.63) is 23.8 Å². The molecule has 1 aliphatic carbocycles. The fourth-order valence-corrected chi connectivity index (χ4v) is 3.87. The van der Waals surface area contributed by atoms with Gasteiger partial charge >= 0.3 is 0 Å². The second-order valence-electron chi connectivity index (χ2n) is 5.68. The van der Waals surface area contributed by atoms with Crippen LogP contribution in [0.15, 0.2) is 18.2 Å². The lowest BCUT2D eigenvalue weighted by Crippen LogP contribution is -2.36. The van der Waals surface area contributed by atoms with E-state index in [9.17, 15) is 0 Å². The fourth-order valence-electron chi connectivity index (χ4n) is 3.87. The monoisotopic (exact) mass is 245 g/mol. The Morgan fingerprint density at radius 1 is 1.06 bits per heavy atom. The maximum absolute atomic E-state index is 5.50. The number of fused-ring (bicyclic) bond motifs is 2. The summed E-state index contributed by atoms with van der Waals surface area (Å²) in [6.45, 7) is 1.56. The van der Waals surface area contributed by atoms with E-state index in [1.54, 1.807) is 0 Å². The Hall–Kier alpha value is -1.22. The van der Waals surface area contributed by atoms with Crippen LogP contribution in [-0.4, -0.2) is 19.4 Å². The second-order valence-corrected chi connectivity index (χ2v) is 5.68. The molecular formula is C15H19NO2. The molecule has 1 N–H and O–H groups in total. The van der Waals surface area contributed by atoms with Gasteiger partial charge < -0.3 is 14.8 Å². The number of ether oxygens (including phenoxy) is 2. The summed E-state index contributed by atoms with van der Waals surface area (Å²) in [6.07, 6.45) is 5.42. The maximum Gasteiger partial charge on any atom is 0.231 e. The molecule has 1 aromatic rings. The zero-order chi connectivity index (χ0) is 11.9. The van der Waals surface area contributed by atoms with E-state index in [2.05, 4.69) is 23.5 Å². The third kappa shape index (κ3) is 1.61. The predicted octanol–water partition coefficient (Wildman–Crippen LogP) is 2.66. The summed E-state index contributed by atoms with van der Waals surface area (Å²) in [6, 6.07) is 7.16. The number of rotatable bonds is 1. The van der Waals surface area contributed by atoms with Gasteiger partial charge in [-0.25, -0.2) is 0 Å². The molecule has 0 aromatic heterocycles. The van der Waals surface area contributed by atoms with Crippen molar-refractivity contribution < 1.29 is 9.47 Å². The SMILES string of the molecule is c1cc2c(cc1[C@H]1CCC[C@H]3CCN[C@H]31)OCO2. The van der Waals surface area contributed by atoms with Gasteiger partial charge in [-0.05, 0) is 55.3 Å². The molecule has 3 heteroatoms. The zero-order valence-corrected chi connectivity index (χ0v) is 10.5. The van der Waals surface area contributed by atoms with Gasteiger partial charge in [-0.15, -0.1) is 0 Å². The van der Waals surface area contributed by atoms with E-state index < -0.39 is 0 Å². The molecule has 2 heterocycles. The summed E-state index contributed by atoms with van der Waals surface area (Å²) in [5.74, 6) is 3.35. The second kappa shape index (κ2) is 4.16. The number of benzene rings is 1. The highest BCUT2D eigenvalue weighted by atomic mass is 16.7. The molecule has 0 spiro atoms. The molecule has 0 amide bonds. The molecule has 2 fully saturated rings. The van der Waals surface area contributed by atoms with Gasteiger partial charge in [0.1, 0.15) is 0 Å². The summed E-state index contributed by atoms with van der Waals surface area (Å²) < 4.78 is 10.9. The average molecular weight is 245 g/mol. The minimum Gasteiger partial charge on any atom is -0.454 e. The van der Waals surface area contributed by atoms with Crippen LogP contribution in [-0.2, 0) is 0 Å². The molecule has 96 valence electrons. The molecule has 0 unspecified atom stereocenters. The van der Waals surface area contributed by atoms with Crippen LogP contribution in [0.4, 0.5) is 0 Å². The summed E-state index contributed by atoms with van der Waals surface area (Å²) >= 11 is 0. The van der Waals surface area contributed by atoms with Crippen LogP contribution < -0.4 is 14.8 Å². The molecule has 0 bridgehead atoms. The lowest BCUT2D eigenvalue weighted by molar-refractivity contribution is 0.174. The van der Waals surface area contributed by atoms with Crippen molar-refractivity contribution >= 4 is 0 Å². The molecule has 0 radical (unpaired) electrons. The van der Waals surface area contributed by atoms with Crippen molar-refractivity contribution in [1.29, 1.82) is 0 Å². The third-order valence-electron chi connectivity index (χ3n) is 4.75. The van der Waals surface area contributed by atoms with E-state index in [1.807, 2.05) is 0 Å². The van der Waals surface area contributed by atoms with Crippen molar-refractivity contribution in [3.63, 3.8) is 0 Å². The topological polar surface area (TPSA) is 30.5 Å². The standard InChI is InChI=1S/C15H19NO2/c1-2-10-6-7-16-15(10)12(3-1)11-4-5-13-14(8-11)18-9-17-13/h4-5,8,10,12,15-16H,1-3,6-7,9H2/t10-,12+,15+/m0/s1. The average Bonchev–Trinajstić information content (AvgIpc) is 3.05. The van der Waals surface area contributed by atoms with E-state index in [4.69, 9.17) is 9.47 Å². The minimum atomic E-state index is 0.369. The fraction of sp³-hybridized carbons (Fsp3) is 0.600. The lowest BCUT2D eigenvalue weighted by Gasteiger charge is -2.34. The van der Waals surface area contributed by atoms with Gasteiger partial charge in [-0.1, -0.05) is 12.5 Å². The van der Waals surface area contributed by atoms with Crippen molar-refractivity contribution in [1.82, 2.24) is 5.32 Å². The van der Waals surface area contributed by atoms with Gasteiger partial charge in [-0.2, -0.15) is 0 Å². The van der Waals surface area contributed by atoms with E-state index in [1.165, 1.54) is 37.8 Å². The van der Waals surface area contributed by atoms with Crippen LogP contribution in [0.2, 0.25) is 0 Å². The smallest absolute Gasteiger partial charge is 0.231 e. The van der Waals surface area contributed by atoms with Gasteiger partial charge in [0.25, 0.3) is 0 Å². The molecule has 1 aromatic carbocycles. The minimum absolute atomic E-state index is 0.369. The highest BCUT2D eigenvalue weighted by Gasteiger charge is 2.37. The zero-order valence-electron chi connectivity index (χ0n) is 10.5. The van der Waals surface area contributed by atoms with Gasteiger partial charge in [0.2, 0.25) is 6.79 Å². The van der Waals surface area contributed by atoms with Crippen molar-refractivity contribution in [2.45, 2.75) is 37.6 Å². The first-order valence-electron chi connectivity index (χ1n) is 7.05. The first-order valence-corrected chi connectivity index (χ1v) is 7.05. The molecule has 3 atom stereocenters. The number of hydrogen-bond donors (Lipinski definition) is 1. The van der Waals surface area contributed by atoms with Crippen molar-refractivity contribution in [2.75, 3.05) is 13.3 Å². The van der Waals surface area contributed by atoms with Crippen molar-refractivity contribution in [2.24, 2.45) is 5.92 Å². The Bertz CT molecular complexity index is 460. The first-order chi connectivity index (χ1) is 8.92. The lowest BCUT2D eigenvalue weighted by atomic mass is 9.74. The molecule has 18 heavy (non-hydrogen) atoms. The van der Waals surface area contributed by atoms with E-state index in [0.29, 0.717) is 18.8 Å². The molecular weight excluding hydrogens is 226 g/mol. The molecule has 1 saturated carbocycles. The van der Waals surface area contributed by atoms with Crippen molar-refractivity contribution in [3.8, 4) is 11.5 Å². The summed E-state index contributed by atoms with van der Waals surface area (Å²) in [5.41, 5.74) is 1.42. The molecule has 2 aliphatic heterocycles. The van der Waals surface area contributed by atoms with Crippen LogP contribution in [0, 0.1) is 5.92 Å². The Labute approximate surface area is 107 Å². The number of hydrogen-bond acceptors (Lipinski definition) is 3. The van der Waals surface area contributed by atoms with E-state index >= 15 is 0 Å². The first kappa shape index (κ1) is 10.7. The van der Waals surface area contributed by atoms with Gasteiger partial charge in [0.05, 0.1) is 0 Å². The van der Waals surface area contributed by atoms with Crippen LogP contribution in [0.5, 0.6) is 11.5 Å². The van der Waals surface area contributed by atoms with Crippen LogP contribution in [0.1, 0.15) is 37.2 Å². The highest BCUT2D eigenvalue weighted by Crippen LogP contribution is 2.43. The third-order valence-corrected chi connectivity index (χ3v) is 4.75.